The molecule has 0 saturated heterocycles. The maximum atomic E-state index is 12.6. The summed E-state index contributed by atoms with van der Waals surface area (Å²) < 4.78 is 5.86. The van der Waals surface area contributed by atoms with Crippen molar-refractivity contribution in [2.45, 2.75) is 13.3 Å². The van der Waals surface area contributed by atoms with Gasteiger partial charge in [-0.25, -0.2) is 0 Å². The fourth-order valence-corrected chi connectivity index (χ4v) is 3.13. The molecule has 1 aromatic heterocycles. The molecule has 4 aromatic rings. The van der Waals surface area contributed by atoms with E-state index in [4.69, 9.17) is 4.74 Å². The first kappa shape index (κ1) is 17.0. The summed E-state index contributed by atoms with van der Waals surface area (Å²) in [6, 6.07) is 25.5. The van der Waals surface area contributed by atoms with E-state index >= 15 is 0 Å². The molecule has 0 unspecified atom stereocenters. The number of hydrogen-bond donors (Lipinski definition) is 0. The Morgan fingerprint density at radius 1 is 0.926 bits per heavy atom. The average molecular weight is 353 g/mol. The summed E-state index contributed by atoms with van der Waals surface area (Å²) in [4.78, 5) is 17.2. The molecule has 0 amide bonds. The number of carbonyl (C=O) groups is 1. The van der Waals surface area contributed by atoms with Crippen LogP contribution in [0.5, 0.6) is 5.75 Å². The molecule has 4 rings (SSSR count). The minimum atomic E-state index is -0.298. The summed E-state index contributed by atoms with van der Waals surface area (Å²) in [5, 5.41) is 1.84. The molecule has 132 valence electrons. The zero-order valence-corrected chi connectivity index (χ0v) is 15.1. The van der Waals surface area contributed by atoms with Gasteiger partial charge in [-0.3, -0.25) is 9.78 Å². The number of hydrogen-bond acceptors (Lipinski definition) is 3. The van der Waals surface area contributed by atoms with E-state index < -0.39 is 0 Å². The van der Waals surface area contributed by atoms with E-state index in [-0.39, 0.29) is 12.4 Å². The highest BCUT2D eigenvalue weighted by atomic mass is 16.5. The van der Waals surface area contributed by atoms with Crippen LogP contribution in [0.3, 0.4) is 0 Å². The monoisotopic (exact) mass is 353 g/mol. The molecule has 3 nitrogen and oxygen atoms in total. The lowest BCUT2D eigenvalue weighted by atomic mass is 10.0. The molecule has 0 aliphatic carbocycles. The van der Waals surface area contributed by atoms with Crippen molar-refractivity contribution >= 4 is 16.7 Å². The van der Waals surface area contributed by atoms with Crippen LogP contribution in [0.2, 0.25) is 0 Å². The Labute approximate surface area is 158 Å². The standard InChI is InChI=1S/C24H19NO2/c1-17-12-13-21-20(14-17)16-25-23(19-10-6-3-7-11-19)24(21)27-22(26)15-18-8-4-2-5-9-18/h2-14,16H,15H2,1H3. The molecular formula is C24H19NO2. The van der Waals surface area contributed by atoms with E-state index in [9.17, 15) is 4.79 Å². The third kappa shape index (κ3) is 3.72. The van der Waals surface area contributed by atoms with Gasteiger partial charge in [0.1, 0.15) is 5.69 Å². The van der Waals surface area contributed by atoms with Crippen LogP contribution in [0.4, 0.5) is 0 Å². The molecule has 0 fully saturated rings. The van der Waals surface area contributed by atoms with E-state index in [1.54, 1.807) is 0 Å². The van der Waals surface area contributed by atoms with E-state index in [1.807, 2.05) is 92.0 Å². The van der Waals surface area contributed by atoms with Gasteiger partial charge in [0, 0.05) is 22.5 Å². The Kier molecular flexibility index (Phi) is 4.67. The van der Waals surface area contributed by atoms with Crippen molar-refractivity contribution in [1.82, 2.24) is 4.98 Å². The molecular weight excluding hydrogens is 334 g/mol. The fourth-order valence-electron chi connectivity index (χ4n) is 3.13. The van der Waals surface area contributed by atoms with Crippen molar-refractivity contribution in [3.8, 4) is 17.0 Å². The van der Waals surface area contributed by atoms with Gasteiger partial charge in [0.15, 0.2) is 5.75 Å². The van der Waals surface area contributed by atoms with Gasteiger partial charge in [-0.1, -0.05) is 78.4 Å². The van der Waals surface area contributed by atoms with Crippen molar-refractivity contribution < 1.29 is 9.53 Å². The number of nitrogens with zero attached hydrogens (tertiary/aromatic N) is 1. The molecule has 0 radical (unpaired) electrons. The Balaban J connectivity index is 1.77. The van der Waals surface area contributed by atoms with E-state index in [2.05, 4.69) is 4.98 Å². The van der Waals surface area contributed by atoms with Gasteiger partial charge in [0.05, 0.1) is 6.42 Å². The number of rotatable bonds is 4. The van der Waals surface area contributed by atoms with Crippen LogP contribution in [0, 0.1) is 6.92 Å². The predicted octanol–water partition coefficient (Wildman–Crippen LogP) is 5.36. The normalized spacial score (nSPS) is 10.7. The highest BCUT2D eigenvalue weighted by Crippen LogP contribution is 2.35. The van der Waals surface area contributed by atoms with Crippen molar-refractivity contribution in [1.29, 1.82) is 0 Å². The third-order valence-electron chi connectivity index (χ3n) is 4.45. The Morgan fingerprint density at radius 2 is 1.63 bits per heavy atom. The Hall–Kier alpha value is -3.46. The van der Waals surface area contributed by atoms with Crippen molar-refractivity contribution in [2.75, 3.05) is 0 Å². The van der Waals surface area contributed by atoms with Gasteiger partial charge < -0.3 is 4.74 Å². The average Bonchev–Trinajstić information content (AvgIpc) is 2.69. The lowest BCUT2D eigenvalue weighted by Crippen LogP contribution is -2.12. The molecule has 0 saturated carbocycles. The summed E-state index contributed by atoms with van der Waals surface area (Å²) in [6.07, 6.45) is 2.05. The molecule has 0 N–H and O–H groups in total. The Morgan fingerprint density at radius 3 is 2.37 bits per heavy atom. The minimum Gasteiger partial charge on any atom is -0.423 e. The second kappa shape index (κ2) is 7.42. The second-order valence-corrected chi connectivity index (χ2v) is 6.53. The highest BCUT2D eigenvalue weighted by molar-refractivity contribution is 5.95. The van der Waals surface area contributed by atoms with Crippen LogP contribution >= 0.6 is 0 Å². The molecule has 0 spiro atoms. The van der Waals surface area contributed by atoms with E-state index in [0.717, 1.165) is 27.5 Å². The van der Waals surface area contributed by atoms with E-state index in [0.29, 0.717) is 11.4 Å². The maximum absolute atomic E-state index is 12.6. The molecule has 0 atom stereocenters. The second-order valence-electron chi connectivity index (χ2n) is 6.53. The number of esters is 1. The SMILES string of the molecule is Cc1ccc2c(OC(=O)Cc3ccccc3)c(-c3ccccc3)ncc2c1. The summed E-state index contributed by atoms with van der Waals surface area (Å²) in [6.45, 7) is 2.03. The van der Waals surface area contributed by atoms with Gasteiger partial charge in [-0.05, 0) is 18.6 Å². The first-order chi connectivity index (χ1) is 13.2. The maximum Gasteiger partial charge on any atom is 0.315 e. The van der Waals surface area contributed by atoms with Crippen LogP contribution < -0.4 is 4.74 Å². The number of ether oxygens (including phenoxy) is 1. The molecule has 1 heterocycles. The lowest BCUT2D eigenvalue weighted by Gasteiger charge is -2.13. The van der Waals surface area contributed by atoms with Crippen LogP contribution in [0.1, 0.15) is 11.1 Å². The molecule has 3 heteroatoms. The molecule has 0 aliphatic rings. The number of benzene rings is 3. The van der Waals surface area contributed by atoms with Crippen LogP contribution in [0.25, 0.3) is 22.0 Å². The zero-order chi connectivity index (χ0) is 18.6. The fraction of sp³-hybridized carbons (Fsp3) is 0.0833. The molecule has 27 heavy (non-hydrogen) atoms. The summed E-state index contributed by atoms with van der Waals surface area (Å²) in [5.74, 6) is 0.216. The first-order valence-electron chi connectivity index (χ1n) is 8.90. The smallest absolute Gasteiger partial charge is 0.315 e. The van der Waals surface area contributed by atoms with E-state index in [1.165, 1.54) is 0 Å². The quantitative estimate of drug-likeness (QED) is 0.464. The summed E-state index contributed by atoms with van der Waals surface area (Å²) in [7, 11) is 0. The lowest BCUT2D eigenvalue weighted by molar-refractivity contribution is -0.133. The first-order valence-corrected chi connectivity index (χ1v) is 8.90. The minimum absolute atomic E-state index is 0.220. The van der Waals surface area contributed by atoms with Crippen LogP contribution in [-0.2, 0) is 11.2 Å². The molecule has 0 aliphatic heterocycles. The highest BCUT2D eigenvalue weighted by Gasteiger charge is 2.16. The van der Waals surface area contributed by atoms with Crippen LogP contribution in [0.15, 0.2) is 85.1 Å². The van der Waals surface area contributed by atoms with Gasteiger partial charge in [-0.15, -0.1) is 0 Å². The van der Waals surface area contributed by atoms with Crippen molar-refractivity contribution in [3.05, 3.63) is 96.2 Å². The van der Waals surface area contributed by atoms with Gasteiger partial charge >= 0.3 is 5.97 Å². The number of aryl methyl sites for hydroxylation is 1. The molecule has 0 bridgehead atoms. The summed E-state index contributed by atoms with van der Waals surface area (Å²) in [5.41, 5.74) is 3.65. The summed E-state index contributed by atoms with van der Waals surface area (Å²) >= 11 is 0. The largest absolute Gasteiger partial charge is 0.423 e. The number of carbonyl (C=O) groups excluding carboxylic acids is 1. The number of fused-ring (bicyclic) bond motifs is 1. The number of pyridine rings is 1. The Bertz CT molecular complexity index is 1090. The predicted molar refractivity (Wildman–Crippen MR) is 108 cm³/mol. The van der Waals surface area contributed by atoms with Gasteiger partial charge in [-0.2, -0.15) is 0 Å². The van der Waals surface area contributed by atoms with Crippen molar-refractivity contribution in [2.24, 2.45) is 0 Å². The van der Waals surface area contributed by atoms with Gasteiger partial charge in [0.2, 0.25) is 0 Å². The number of aromatic nitrogens is 1. The third-order valence-corrected chi connectivity index (χ3v) is 4.45. The topological polar surface area (TPSA) is 39.2 Å². The van der Waals surface area contributed by atoms with Gasteiger partial charge in [0.25, 0.3) is 0 Å². The molecule has 3 aromatic carbocycles. The zero-order valence-electron chi connectivity index (χ0n) is 15.1. The van der Waals surface area contributed by atoms with Crippen molar-refractivity contribution in [3.63, 3.8) is 0 Å². The van der Waals surface area contributed by atoms with Crippen LogP contribution in [-0.4, -0.2) is 11.0 Å².